The molecule has 2 aromatic carbocycles. The van der Waals surface area contributed by atoms with Gasteiger partial charge in [0, 0.05) is 22.2 Å². The predicted octanol–water partition coefficient (Wildman–Crippen LogP) is 3.47. The summed E-state index contributed by atoms with van der Waals surface area (Å²) in [5.41, 5.74) is 1.33. The van der Waals surface area contributed by atoms with Crippen molar-refractivity contribution in [3.8, 4) is 5.75 Å². The van der Waals surface area contributed by atoms with E-state index < -0.39 is 6.10 Å². The second-order valence-corrected chi connectivity index (χ2v) is 5.97. The Hall–Kier alpha value is -1.75. The van der Waals surface area contributed by atoms with Crippen LogP contribution in [0, 0.1) is 6.92 Å². The van der Waals surface area contributed by atoms with Crippen molar-refractivity contribution in [3.63, 3.8) is 0 Å². The molecule has 0 bridgehead atoms. The summed E-state index contributed by atoms with van der Waals surface area (Å²) in [7, 11) is 0. The van der Waals surface area contributed by atoms with Gasteiger partial charge >= 0.3 is 0 Å². The Morgan fingerprint density at radius 3 is 2.52 bits per heavy atom. The minimum Gasteiger partial charge on any atom is -0.491 e. The molecule has 2 rings (SSSR count). The van der Waals surface area contributed by atoms with Crippen LogP contribution in [0.4, 0.5) is 0 Å². The average Bonchev–Trinajstić information content (AvgIpc) is 2.51. The lowest BCUT2D eigenvalue weighted by atomic mass is 10.2. The molecule has 1 amide bonds. The lowest BCUT2D eigenvalue weighted by Gasteiger charge is -2.14. The molecule has 0 saturated carbocycles. The fourth-order valence-corrected chi connectivity index (χ4v) is 2.49. The minimum atomic E-state index is -0.826. The molecule has 2 N–H and O–H groups in total. The van der Waals surface area contributed by atoms with Gasteiger partial charge in [-0.3, -0.25) is 4.79 Å². The molecule has 0 spiro atoms. The third kappa shape index (κ3) is 5.43. The Morgan fingerprint density at radius 1 is 1.22 bits per heavy atom. The summed E-state index contributed by atoms with van der Waals surface area (Å²) in [6.07, 6.45) is -0.826. The third-order valence-electron chi connectivity index (χ3n) is 3.15. The van der Waals surface area contributed by atoms with Gasteiger partial charge in [0.25, 0.3) is 5.91 Å². The fourth-order valence-electron chi connectivity index (χ4n) is 1.96. The smallest absolute Gasteiger partial charge is 0.251 e. The number of para-hydroxylation sites is 1. The second kappa shape index (κ2) is 8.20. The normalized spacial score (nSPS) is 11.8. The number of aliphatic hydroxyl groups is 1. The van der Waals surface area contributed by atoms with Crippen molar-refractivity contribution in [3.05, 3.63) is 63.6 Å². The number of halogens is 2. The predicted molar refractivity (Wildman–Crippen MR) is 91.5 cm³/mol. The van der Waals surface area contributed by atoms with E-state index in [1.54, 1.807) is 6.07 Å². The molecule has 0 radical (unpaired) electrons. The molecular weight excluding hydrogens is 337 g/mol. The number of benzene rings is 2. The number of hydrogen-bond donors (Lipinski definition) is 2. The topological polar surface area (TPSA) is 58.6 Å². The number of aryl methyl sites for hydroxylation is 1. The summed E-state index contributed by atoms with van der Waals surface area (Å²) < 4.78 is 5.53. The number of carbonyl (C=O) groups is 1. The van der Waals surface area contributed by atoms with E-state index in [1.807, 2.05) is 31.2 Å². The van der Waals surface area contributed by atoms with Crippen LogP contribution in [0.5, 0.6) is 5.75 Å². The first-order chi connectivity index (χ1) is 11.0. The van der Waals surface area contributed by atoms with Gasteiger partial charge in [0.2, 0.25) is 0 Å². The molecule has 0 fully saturated rings. The van der Waals surface area contributed by atoms with Crippen molar-refractivity contribution in [1.29, 1.82) is 0 Å². The Morgan fingerprint density at radius 2 is 1.87 bits per heavy atom. The van der Waals surface area contributed by atoms with Crippen molar-refractivity contribution in [1.82, 2.24) is 5.32 Å². The zero-order valence-electron chi connectivity index (χ0n) is 12.6. The van der Waals surface area contributed by atoms with Crippen molar-refractivity contribution < 1.29 is 14.6 Å². The molecule has 1 atom stereocenters. The van der Waals surface area contributed by atoms with Gasteiger partial charge in [-0.05, 0) is 36.8 Å². The zero-order chi connectivity index (χ0) is 16.8. The van der Waals surface area contributed by atoms with E-state index in [1.165, 1.54) is 12.1 Å². The van der Waals surface area contributed by atoms with Crippen LogP contribution in [0.2, 0.25) is 10.0 Å². The zero-order valence-corrected chi connectivity index (χ0v) is 14.1. The first kappa shape index (κ1) is 17.6. The number of amides is 1. The summed E-state index contributed by atoms with van der Waals surface area (Å²) >= 11 is 11.7. The molecular formula is C17H17Cl2NO3. The molecule has 4 nitrogen and oxygen atoms in total. The summed E-state index contributed by atoms with van der Waals surface area (Å²) in [5, 5.41) is 13.3. The molecule has 6 heteroatoms. The highest BCUT2D eigenvalue weighted by Crippen LogP contribution is 2.19. The van der Waals surface area contributed by atoms with Crippen molar-refractivity contribution in [2.45, 2.75) is 13.0 Å². The van der Waals surface area contributed by atoms with Gasteiger partial charge in [0.15, 0.2) is 0 Å². The highest BCUT2D eigenvalue weighted by molar-refractivity contribution is 6.35. The van der Waals surface area contributed by atoms with E-state index in [0.717, 1.165) is 5.56 Å². The van der Waals surface area contributed by atoms with E-state index >= 15 is 0 Å². The first-order valence-electron chi connectivity index (χ1n) is 7.06. The van der Waals surface area contributed by atoms with Gasteiger partial charge in [-0.1, -0.05) is 41.4 Å². The minimum absolute atomic E-state index is 0.0643. The fraction of sp³-hybridized carbons (Fsp3) is 0.235. The molecule has 0 aliphatic rings. The molecule has 122 valence electrons. The van der Waals surface area contributed by atoms with Crippen LogP contribution in [0.1, 0.15) is 15.9 Å². The number of aliphatic hydroxyl groups excluding tert-OH is 1. The van der Waals surface area contributed by atoms with Crippen LogP contribution >= 0.6 is 23.2 Å². The van der Waals surface area contributed by atoms with Crippen LogP contribution in [0.25, 0.3) is 0 Å². The molecule has 0 heterocycles. The summed E-state index contributed by atoms with van der Waals surface area (Å²) in [4.78, 5) is 12.0. The average molecular weight is 354 g/mol. The third-order valence-corrected chi connectivity index (χ3v) is 3.58. The number of rotatable bonds is 6. The largest absolute Gasteiger partial charge is 0.491 e. The van der Waals surface area contributed by atoms with Crippen LogP contribution in [-0.4, -0.2) is 30.3 Å². The van der Waals surface area contributed by atoms with Crippen LogP contribution in [0.3, 0.4) is 0 Å². The molecule has 0 aliphatic heterocycles. The maximum absolute atomic E-state index is 12.0. The first-order valence-corrected chi connectivity index (χ1v) is 7.82. The lowest BCUT2D eigenvalue weighted by molar-refractivity contribution is 0.0842. The highest BCUT2D eigenvalue weighted by Gasteiger charge is 2.11. The van der Waals surface area contributed by atoms with Gasteiger partial charge in [-0.25, -0.2) is 0 Å². The van der Waals surface area contributed by atoms with E-state index in [9.17, 15) is 9.90 Å². The van der Waals surface area contributed by atoms with E-state index in [4.69, 9.17) is 27.9 Å². The molecule has 23 heavy (non-hydrogen) atoms. The standard InChI is InChI=1S/C17H17Cl2NO3/c1-11-4-2-3-5-16(11)23-10-15(21)9-20-17(22)12-6-13(18)8-14(19)7-12/h2-8,15,21H,9-10H2,1H3,(H,20,22). The van der Waals surface area contributed by atoms with Gasteiger partial charge in [-0.15, -0.1) is 0 Å². The van der Waals surface area contributed by atoms with E-state index in [0.29, 0.717) is 21.4 Å². The molecule has 1 unspecified atom stereocenters. The Bertz CT molecular complexity index is 671. The van der Waals surface area contributed by atoms with Gasteiger partial charge in [0.1, 0.15) is 18.5 Å². The highest BCUT2D eigenvalue weighted by atomic mass is 35.5. The van der Waals surface area contributed by atoms with E-state index in [2.05, 4.69) is 5.32 Å². The van der Waals surface area contributed by atoms with Crippen LogP contribution in [0.15, 0.2) is 42.5 Å². The lowest BCUT2D eigenvalue weighted by Crippen LogP contribution is -2.35. The summed E-state index contributed by atoms with van der Waals surface area (Å²) in [6, 6.07) is 12.1. The van der Waals surface area contributed by atoms with Crippen molar-refractivity contribution in [2.75, 3.05) is 13.2 Å². The van der Waals surface area contributed by atoms with Crippen molar-refractivity contribution >= 4 is 29.1 Å². The number of carbonyl (C=O) groups excluding carboxylic acids is 1. The number of nitrogens with one attached hydrogen (secondary N) is 1. The van der Waals surface area contributed by atoms with Gasteiger partial charge in [-0.2, -0.15) is 0 Å². The van der Waals surface area contributed by atoms with Gasteiger partial charge < -0.3 is 15.2 Å². The van der Waals surface area contributed by atoms with Crippen molar-refractivity contribution in [2.24, 2.45) is 0 Å². The molecule has 2 aromatic rings. The SMILES string of the molecule is Cc1ccccc1OCC(O)CNC(=O)c1cc(Cl)cc(Cl)c1. The quantitative estimate of drug-likeness (QED) is 0.835. The monoisotopic (exact) mass is 353 g/mol. The summed E-state index contributed by atoms with van der Waals surface area (Å²) in [5.74, 6) is 0.351. The molecule has 0 aromatic heterocycles. The number of hydrogen-bond acceptors (Lipinski definition) is 3. The Balaban J connectivity index is 1.83. The number of ether oxygens (including phenoxy) is 1. The Labute approximate surface area is 145 Å². The molecule has 0 aliphatic carbocycles. The van der Waals surface area contributed by atoms with Crippen LogP contribution in [-0.2, 0) is 0 Å². The summed E-state index contributed by atoms with van der Waals surface area (Å²) in [6.45, 7) is 2.07. The second-order valence-electron chi connectivity index (χ2n) is 5.10. The maximum Gasteiger partial charge on any atom is 0.251 e. The van der Waals surface area contributed by atoms with Crippen LogP contribution < -0.4 is 10.1 Å². The van der Waals surface area contributed by atoms with E-state index in [-0.39, 0.29) is 19.1 Å². The molecule has 0 saturated heterocycles. The maximum atomic E-state index is 12.0. The Kier molecular flexibility index (Phi) is 6.28. The van der Waals surface area contributed by atoms with Gasteiger partial charge in [0.05, 0.1) is 0 Å².